The van der Waals surface area contributed by atoms with Crippen molar-refractivity contribution in [1.29, 1.82) is 0 Å². The number of aromatic nitrogens is 5. The van der Waals surface area contributed by atoms with Gasteiger partial charge >= 0.3 is 0 Å². The largest absolute Gasteiger partial charge is 0.228 e. The second-order valence-corrected chi connectivity index (χ2v) is 16.1. The average Bonchev–Trinajstić information content (AvgIpc) is 3.57. The van der Waals surface area contributed by atoms with Crippen molar-refractivity contribution in [3.05, 3.63) is 211 Å². The molecule has 5 nitrogen and oxygen atoms in total. The molecule has 2 heterocycles. The second kappa shape index (κ2) is 14.7. The summed E-state index contributed by atoms with van der Waals surface area (Å²) in [5.74, 6) is 2.58. The molecule has 288 valence electrons. The molecular weight excluding hydrogens is 743 g/mol. The van der Waals surface area contributed by atoms with Gasteiger partial charge < -0.3 is 0 Å². The summed E-state index contributed by atoms with van der Waals surface area (Å²) in [5, 5.41) is 2.58. The minimum atomic E-state index is -0.184. The van der Waals surface area contributed by atoms with Gasteiger partial charge in [-0.3, -0.25) is 0 Å². The van der Waals surface area contributed by atoms with Gasteiger partial charge in [-0.15, -0.1) is 0 Å². The van der Waals surface area contributed by atoms with Gasteiger partial charge in [-0.25, -0.2) is 24.9 Å². The van der Waals surface area contributed by atoms with Gasteiger partial charge in [-0.05, 0) is 68.4 Å². The Kier molecular flexibility index (Phi) is 8.75. The van der Waals surface area contributed by atoms with E-state index in [2.05, 4.69) is 135 Å². The summed E-state index contributed by atoms with van der Waals surface area (Å²) in [7, 11) is 0. The standard InChI is InChI=1S/C56H39N5/c1-56(2)48-34-43(29-30-46(48)47-31-28-36-16-12-13-27-45(36)51(47)56)50-35-49(57-52(58-50)37-17-6-3-7-18-37)42-25-14-23-40(32-42)41-24-15-26-44(33-41)55-60-53(38-19-8-4-9-20-38)59-54(61-55)39-21-10-5-11-22-39/h3-35H,1-2H3. The molecule has 0 saturated carbocycles. The maximum absolute atomic E-state index is 5.23. The van der Waals surface area contributed by atoms with E-state index in [1.54, 1.807) is 0 Å². The van der Waals surface area contributed by atoms with Crippen LogP contribution in [0, 0.1) is 0 Å². The van der Waals surface area contributed by atoms with E-state index in [4.69, 9.17) is 24.9 Å². The summed E-state index contributed by atoms with van der Waals surface area (Å²) in [6.07, 6.45) is 0. The third kappa shape index (κ3) is 6.57. The zero-order valence-corrected chi connectivity index (χ0v) is 33.8. The molecule has 11 rings (SSSR count). The van der Waals surface area contributed by atoms with E-state index >= 15 is 0 Å². The van der Waals surface area contributed by atoms with E-state index in [1.165, 1.54) is 33.0 Å². The highest BCUT2D eigenvalue weighted by Gasteiger charge is 2.37. The second-order valence-electron chi connectivity index (χ2n) is 16.1. The van der Waals surface area contributed by atoms with Crippen LogP contribution in [-0.2, 0) is 5.41 Å². The first-order valence-corrected chi connectivity index (χ1v) is 20.7. The van der Waals surface area contributed by atoms with Gasteiger partial charge in [0.15, 0.2) is 23.3 Å². The number of hydrogen-bond donors (Lipinski definition) is 0. The molecule has 2 aromatic heterocycles. The van der Waals surface area contributed by atoms with Gasteiger partial charge in [0.1, 0.15) is 0 Å². The van der Waals surface area contributed by atoms with Gasteiger partial charge in [0.25, 0.3) is 0 Å². The molecule has 0 amide bonds. The normalized spacial score (nSPS) is 12.6. The van der Waals surface area contributed by atoms with Crippen molar-refractivity contribution in [1.82, 2.24) is 24.9 Å². The van der Waals surface area contributed by atoms with Crippen LogP contribution >= 0.6 is 0 Å². The highest BCUT2D eigenvalue weighted by atomic mass is 15.0. The van der Waals surface area contributed by atoms with Gasteiger partial charge in [0, 0.05) is 38.8 Å². The molecule has 0 unspecified atom stereocenters. The first-order valence-electron chi connectivity index (χ1n) is 20.7. The molecule has 0 bridgehead atoms. The molecule has 8 aromatic carbocycles. The number of benzene rings is 8. The molecule has 0 spiro atoms. The van der Waals surface area contributed by atoms with Crippen molar-refractivity contribution in [2.24, 2.45) is 0 Å². The molecule has 0 atom stereocenters. The van der Waals surface area contributed by atoms with Gasteiger partial charge in [-0.1, -0.05) is 190 Å². The lowest BCUT2D eigenvalue weighted by Gasteiger charge is -2.23. The quantitative estimate of drug-likeness (QED) is 0.161. The molecule has 0 aliphatic heterocycles. The van der Waals surface area contributed by atoms with Crippen LogP contribution in [0.15, 0.2) is 200 Å². The fourth-order valence-electron chi connectivity index (χ4n) is 8.85. The molecule has 0 saturated heterocycles. The van der Waals surface area contributed by atoms with Crippen molar-refractivity contribution < 1.29 is 0 Å². The van der Waals surface area contributed by atoms with Crippen LogP contribution < -0.4 is 0 Å². The third-order valence-electron chi connectivity index (χ3n) is 11.9. The van der Waals surface area contributed by atoms with Crippen molar-refractivity contribution in [2.45, 2.75) is 19.3 Å². The summed E-state index contributed by atoms with van der Waals surface area (Å²) >= 11 is 0. The van der Waals surface area contributed by atoms with Crippen LogP contribution in [0.1, 0.15) is 25.0 Å². The van der Waals surface area contributed by atoms with E-state index in [0.717, 1.165) is 55.9 Å². The Morgan fingerprint density at radius 2 is 0.754 bits per heavy atom. The smallest absolute Gasteiger partial charge is 0.164 e. The van der Waals surface area contributed by atoms with E-state index in [-0.39, 0.29) is 5.41 Å². The minimum Gasteiger partial charge on any atom is -0.228 e. The minimum absolute atomic E-state index is 0.184. The Bertz CT molecular complexity index is 3210. The van der Waals surface area contributed by atoms with Crippen LogP contribution in [0.25, 0.3) is 101 Å². The lowest BCUT2D eigenvalue weighted by molar-refractivity contribution is 0.666. The first-order chi connectivity index (χ1) is 30.0. The van der Waals surface area contributed by atoms with Crippen molar-refractivity contribution >= 4 is 10.8 Å². The zero-order chi connectivity index (χ0) is 40.9. The Balaban J connectivity index is 0.995. The molecule has 5 heteroatoms. The highest BCUT2D eigenvalue weighted by molar-refractivity contribution is 5.98. The predicted octanol–water partition coefficient (Wildman–Crippen LogP) is 13.8. The summed E-state index contributed by atoms with van der Waals surface area (Å²) in [4.78, 5) is 25.3. The molecule has 0 fully saturated rings. The van der Waals surface area contributed by atoms with E-state index < -0.39 is 0 Å². The lowest BCUT2D eigenvalue weighted by atomic mass is 9.80. The molecule has 1 aliphatic carbocycles. The summed E-state index contributed by atoms with van der Waals surface area (Å²) in [6.45, 7) is 4.70. The molecule has 1 aliphatic rings. The predicted molar refractivity (Wildman–Crippen MR) is 249 cm³/mol. The van der Waals surface area contributed by atoms with Gasteiger partial charge in [0.2, 0.25) is 0 Å². The number of rotatable bonds is 7. The topological polar surface area (TPSA) is 64.5 Å². The van der Waals surface area contributed by atoms with E-state index in [0.29, 0.717) is 23.3 Å². The molecular formula is C56H39N5. The van der Waals surface area contributed by atoms with Crippen molar-refractivity contribution in [3.8, 4) is 90.3 Å². The molecule has 61 heavy (non-hydrogen) atoms. The molecule has 10 aromatic rings. The van der Waals surface area contributed by atoms with Crippen LogP contribution in [0.4, 0.5) is 0 Å². The fourth-order valence-corrected chi connectivity index (χ4v) is 8.85. The Hall–Kier alpha value is -7.89. The zero-order valence-electron chi connectivity index (χ0n) is 33.8. The van der Waals surface area contributed by atoms with Crippen LogP contribution in [-0.4, -0.2) is 24.9 Å². The molecule has 0 radical (unpaired) electrons. The average molecular weight is 782 g/mol. The lowest BCUT2D eigenvalue weighted by Crippen LogP contribution is -2.15. The van der Waals surface area contributed by atoms with Crippen molar-refractivity contribution in [2.75, 3.05) is 0 Å². The highest BCUT2D eigenvalue weighted by Crippen LogP contribution is 2.52. The maximum atomic E-state index is 5.23. The summed E-state index contributed by atoms with van der Waals surface area (Å²) in [6, 6.07) is 69.7. The Morgan fingerprint density at radius 1 is 0.311 bits per heavy atom. The monoisotopic (exact) mass is 781 g/mol. The fraction of sp³-hybridized carbons (Fsp3) is 0.0536. The Labute approximate surface area is 355 Å². The molecule has 0 N–H and O–H groups in total. The van der Waals surface area contributed by atoms with E-state index in [9.17, 15) is 0 Å². The van der Waals surface area contributed by atoms with E-state index in [1.807, 2.05) is 78.9 Å². The number of fused-ring (bicyclic) bond motifs is 5. The number of nitrogens with zero attached hydrogens (tertiary/aromatic N) is 5. The third-order valence-corrected chi connectivity index (χ3v) is 11.9. The maximum Gasteiger partial charge on any atom is 0.164 e. The Morgan fingerprint density at radius 3 is 1.36 bits per heavy atom. The number of hydrogen-bond acceptors (Lipinski definition) is 5. The van der Waals surface area contributed by atoms with Crippen molar-refractivity contribution in [3.63, 3.8) is 0 Å². The van der Waals surface area contributed by atoms with Crippen LogP contribution in [0.5, 0.6) is 0 Å². The SMILES string of the molecule is CC1(C)c2cc(-c3cc(-c4cccc(-c5cccc(-c6nc(-c7ccccc7)nc(-c7ccccc7)n6)c5)c4)nc(-c4ccccc4)n3)ccc2-c2ccc3ccccc3c21. The van der Waals surface area contributed by atoms with Gasteiger partial charge in [0.05, 0.1) is 11.4 Å². The van der Waals surface area contributed by atoms with Crippen LogP contribution in [0.2, 0.25) is 0 Å². The summed E-state index contributed by atoms with van der Waals surface area (Å²) in [5.41, 5.74) is 14.8. The summed E-state index contributed by atoms with van der Waals surface area (Å²) < 4.78 is 0. The first kappa shape index (κ1) is 36.2. The van der Waals surface area contributed by atoms with Gasteiger partial charge in [-0.2, -0.15) is 0 Å². The van der Waals surface area contributed by atoms with Crippen LogP contribution in [0.3, 0.4) is 0 Å².